The molecule has 5 aromatic rings. The van der Waals surface area contributed by atoms with Gasteiger partial charge in [0, 0.05) is 41.3 Å². The molecule has 3 heterocycles. The molecule has 2 aromatic heterocycles. The summed E-state index contributed by atoms with van der Waals surface area (Å²) in [5, 5.41) is 6.19. The molecule has 0 spiro atoms. The Kier molecular flexibility index (Phi) is 7.19. The van der Waals surface area contributed by atoms with Gasteiger partial charge in [0.25, 0.3) is 0 Å². The van der Waals surface area contributed by atoms with Crippen molar-refractivity contribution >= 4 is 10.9 Å². The number of nitrogens with one attached hydrogen (secondary N) is 1. The van der Waals surface area contributed by atoms with E-state index in [-0.39, 0.29) is 24.7 Å². The SMILES string of the molecule is CCc1cccc(CC)c1-n1nc2c(c1-c1cccc3[nH]ccc13)CN(Cc1ccc(C(F)(F)F)cc1C(F)(F)F)C2(C)C. The molecule has 6 rings (SSSR count). The molecule has 44 heavy (non-hydrogen) atoms. The van der Waals surface area contributed by atoms with Crippen LogP contribution in [0.1, 0.15) is 66.8 Å². The van der Waals surface area contributed by atoms with E-state index in [4.69, 9.17) is 5.10 Å². The molecule has 1 N–H and O–H groups in total. The zero-order valence-electron chi connectivity index (χ0n) is 24.8. The quantitative estimate of drug-likeness (QED) is 0.195. The van der Waals surface area contributed by atoms with Crippen LogP contribution in [0.2, 0.25) is 0 Å². The molecule has 0 amide bonds. The first-order valence-corrected chi connectivity index (χ1v) is 14.6. The van der Waals surface area contributed by atoms with Gasteiger partial charge < -0.3 is 4.98 Å². The second-order valence-electron chi connectivity index (χ2n) is 11.7. The van der Waals surface area contributed by atoms with Crippen molar-refractivity contribution in [3.05, 3.63) is 106 Å². The van der Waals surface area contributed by atoms with Gasteiger partial charge in [0.1, 0.15) is 0 Å². The summed E-state index contributed by atoms with van der Waals surface area (Å²) in [6.45, 7) is 8.07. The van der Waals surface area contributed by atoms with Gasteiger partial charge in [-0.15, -0.1) is 0 Å². The van der Waals surface area contributed by atoms with Crippen LogP contribution in [-0.2, 0) is 43.8 Å². The van der Waals surface area contributed by atoms with E-state index in [1.165, 1.54) is 0 Å². The number of aromatic nitrogens is 3. The van der Waals surface area contributed by atoms with Gasteiger partial charge in [-0.3, -0.25) is 4.90 Å². The minimum atomic E-state index is -4.95. The van der Waals surface area contributed by atoms with Crippen molar-refractivity contribution in [3.63, 3.8) is 0 Å². The highest BCUT2D eigenvalue weighted by molar-refractivity contribution is 5.95. The summed E-state index contributed by atoms with van der Waals surface area (Å²) in [5.41, 5.74) is 3.98. The fraction of sp³-hybridized carbons (Fsp3) is 0.324. The molecule has 3 aromatic carbocycles. The van der Waals surface area contributed by atoms with Gasteiger partial charge >= 0.3 is 12.4 Å². The van der Waals surface area contributed by atoms with Gasteiger partial charge in [0.2, 0.25) is 0 Å². The third-order valence-corrected chi connectivity index (χ3v) is 8.83. The molecule has 0 saturated carbocycles. The highest BCUT2D eigenvalue weighted by Gasteiger charge is 2.45. The van der Waals surface area contributed by atoms with Crippen molar-refractivity contribution in [1.29, 1.82) is 0 Å². The number of hydrogen-bond donors (Lipinski definition) is 1. The van der Waals surface area contributed by atoms with Crippen molar-refractivity contribution < 1.29 is 26.3 Å². The molecule has 230 valence electrons. The molecule has 0 radical (unpaired) electrons. The second-order valence-corrected chi connectivity index (χ2v) is 11.7. The van der Waals surface area contributed by atoms with E-state index in [1.54, 1.807) is 0 Å². The Morgan fingerprint density at radius 1 is 0.841 bits per heavy atom. The average molecular weight is 611 g/mol. The van der Waals surface area contributed by atoms with E-state index in [9.17, 15) is 26.3 Å². The molecule has 10 heteroatoms. The fourth-order valence-corrected chi connectivity index (χ4v) is 6.46. The van der Waals surface area contributed by atoms with Gasteiger partial charge in [0.15, 0.2) is 0 Å². The molecule has 0 bridgehead atoms. The number of aryl methyl sites for hydroxylation is 2. The first-order valence-electron chi connectivity index (χ1n) is 14.6. The first-order chi connectivity index (χ1) is 20.8. The lowest BCUT2D eigenvalue weighted by atomic mass is 9.96. The molecule has 1 aliphatic heterocycles. The number of nitrogens with zero attached hydrogens (tertiary/aromatic N) is 3. The zero-order chi connectivity index (χ0) is 31.6. The smallest absolute Gasteiger partial charge is 0.361 e. The highest BCUT2D eigenvalue weighted by atomic mass is 19.4. The number of benzene rings is 3. The summed E-state index contributed by atoms with van der Waals surface area (Å²) >= 11 is 0. The predicted octanol–water partition coefficient (Wildman–Crippen LogP) is 9.43. The minimum Gasteiger partial charge on any atom is -0.361 e. The van der Waals surface area contributed by atoms with Crippen LogP contribution in [0.5, 0.6) is 0 Å². The van der Waals surface area contributed by atoms with Crippen molar-refractivity contribution in [2.45, 2.75) is 71.5 Å². The average Bonchev–Trinajstić information content (AvgIpc) is 3.66. The Morgan fingerprint density at radius 2 is 1.52 bits per heavy atom. The molecular formula is C34H32F6N4. The standard InChI is InChI=1S/C34H32F6N4/c1-5-20-9-7-10-21(6-2)29(20)44-30(25-11-8-12-28-24(25)15-16-41-28)26-19-43(32(3,4)31(26)42-44)18-22-13-14-23(33(35,36)37)17-27(22)34(38,39)40/h7-17,41H,5-6,18-19H2,1-4H3. The Hall–Kier alpha value is -4.05. The summed E-state index contributed by atoms with van der Waals surface area (Å²) in [5.74, 6) is 0. The lowest BCUT2D eigenvalue weighted by molar-refractivity contribution is -0.143. The van der Waals surface area contributed by atoms with Crippen molar-refractivity contribution in [2.24, 2.45) is 0 Å². The third kappa shape index (κ3) is 4.89. The monoisotopic (exact) mass is 610 g/mol. The minimum absolute atomic E-state index is 0.199. The maximum atomic E-state index is 14.1. The van der Waals surface area contributed by atoms with Gasteiger partial charge in [-0.05, 0) is 67.6 Å². The second kappa shape index (κ2) is 10.5. The molecule has 0 atom stereocenters. The number of halogens is 6. The molecule has 0 unspecified atom stereocenters. The Labute approximate surface area is 251 Å². The number of fused-ring (bicyclic) bond motifs is 2. The van der Waals surface area contributed by atoms with Gasteiger partial charge in [-0.2, -0.15) is 31.4 Å². The molecule has 1 aliphatic rings. The Bertz CT molecular complexity index is 1840. The maximum Gasteiger partial charge on any atom is 0.416 e. The van der Waals surface area contributed by atoms with Crippen LogP contribution in [0.3, 0.4) is 0 Å². The van der Waals surface area contributed by atoms with Crippen LogP contribution in [0.4, 0.5) is 26.3 Å². The molecule has 0 aliphatic carbocycles. The van der Waals surface area contributed by atoms with E-state index in [2.05, 4.69) is 31.0 Å². The molecule has 0 fully saturated rings. The molecular weight excluding hydrogens is 578 g/mol. The number of rotatable bonds is 6. The summed E-state index contributed by atoms with van der Waals surface area (Å²) in [6.07, 6.45) is -6.40. The third-order valence-electron chi connectivity index (χ3n) is 8.83. The van der Waals surface area contributed by atoms with Crippen LogP contribution in [0, 0.1) is 0 Å². The van der Waals surface area contributed by atoms with Crippen LogP contribution < -0.4 is 0 Å². The number of alkyl halides is 6. The van der Waals surface area contributed by atoms with Crippen LogP contribution in [-0.4, -0.2) is 19.7 Å². The van der Waals surface area contributed by atoms with Crippen molar-refractivity contribution in [1.82, 2.24) is 19.7 Å². The van der Waals surface area contributed by atoms with E-state index in [1.807, 2.05) is 60.0 Å². The van der Waals surface area contributed by atoms with Crippen LogP contribution in [0.25, 0.3) is 27.8 Å². The summed E-state index contributed by atoms with van der Waals surface area (Å²) in [6, 6.07) is 16.1. The normalized spacial score (nSPS) is 15.3. The Balaban J connectivity index is 1.53. The predicted molar refractivity (Wildman–Crippen MR) is 158 cm³/mol. The van der Waals surface area contributed by atoms with E-state index in [0.717, 1.165) is 75.2 Å². The largest absolute Gasteiger partial charge is 0.416 e. The van der Waals surface area contributed by atoms with Crippen LogP contribution in [0.15, 0.2) is 66.9 Å². The van der Waals surface area contributed by atoms with Gasteiger partial charge in [0.05, 0.1) is 33.7 Å². The highest BCUT2D eigenvalue weighted by Crippen LogP contribution is 2.47. The lowest BCUT2D eigenvalue weighted by Gasteiger charge is -2.33. The van der Waals surface area contributed by atoms with Gasteiger partial charge in [-0.25, -0.2) is 4.68 Å². The fourth-order valence-electron chi connectivity index (χ4n) is 6.46. The molecule has 4 nitrogen and oxygen atoms in total. The summed E-state index contributed by atoms with van der Waals surface area (Å²) in [7, 11) is 0. The van der Waals surface area contributed by atoms with E-state index < -0.39 is 29.0 Å². The summed E-state index contributed by atoms with van der Waals surface area (Å²) < 4.78 is 84.2. The maximum absolute atomic E-state index is 14.1. The van der Waals surface area contributed by atoms with E-state index in [0.29, 0.717) is 0 Å². The van der Waals surface area contributed by atoms with Gasteiger partial charge in [-0.1, -0.05) is 50.2 Å². The topological polar surface area (TPSA) is 36.9 Å². The van der Waals surface area contributed by atoms with E-state index >= 15 is 0 Å². The lowest BCUT2D eigenvalue weighted by Crippen LogP contribution is -2.36. The number of H-pyrrole nitrogens is 1. The number of para-hydroxylation sites is 1. The summed E-state index contributed by atoms with van der Waals surface area (Å²) in [4.78, 5) is 5.12. The first kappa shape index (κ1) is 30.0. The molecule has 0 saturated heterocycles. The van der Waals surface area contributed by atoms with Crippen molar-refractivity contribution in [3.8, 4) is 16.9 Å². The van der Waals surface area contributed by atoms with Crippen molar-refractivity contribution in [2.75, 3.05) is 0 Å². The van der Waals surface area contributed by atoms with Crippen LogP contribution >= 0.6 is 0 Å². The number of aromatic amines is 1. The zero-order valence-corrected chi connectivity index (χ0v) is 24.8. The number of hydrogen-bond acceptors (Lipinski definition) is 2. The Morgan fingerprint density at radius 3 is 2.16 bits per heavy atom.